The maximum absolute atomic E-state index is 12.5. The highest BCUT2D eigenvalue weighted by Crippen LogP contribution is 2.29. The van der Waals surface area contributed by atoms with Crippen molar-refractivity contribution in [3.8, 4) is 0 Å². The fraction of sp³-hybridized carbons (Fsp3) is 0.579. The molecule has 1 N–H and O–H groups in total. The molecule has 2 aliphatic rings. The van der Waals surface area contributed by atoms with Crippen molar-refractivity contribution >= 4 is 11.8 Å². The van der Waals surface area contributed by atoms with Crippen LogP contribution in [0, 0.1) is 5.92 Å². The van der Waals surface area contributed by atoms with Gasteiger partial charge >= 0.3 is 0 Å². The van der Waals surface area contributed by atoms with Crippen LogP contribution in [0.15, 0.2) is 30.3 Å². The summed E-state index contributed by atoms with van der Waals surface area (Å²) in [7, 11) is 0. The first-order chi connectivity index (χ1) is 11.1. The van der Waals surface area contributed by atoms with E-state index in [-0.39, 0.29) is 23.8 Å². The molecule has 2 amide bonds. The van der Waals surface area contributed by atoms with Crippen molar-refractivity contribution in [1.29, 1.82) is 0 Å². The van der Waals surface area contributed by atoms with Gasteiger partial charge in [0.15, 0.2) is 0 Å². The highest BCUT2D eigenvalue weighted by atomic mass is 16.2. The van der Waals surface area contributed by atoms with Gasteiger partial charge in [0.1, 0.15) is 0 Å². The van der Waals surface area contributed by atoms with Gasteiger partial charge in [0.25, 0.3) is 0 Å². The summed E-state index contributed by atoms with van der Waals surface area (Å²) in [5.74, 6) is -0.0475. The van der Waals surface area contributed by atoms with Gasteiger partial charge in [0.2, 0.25) is 11.8 Å². The Kier molecular flexibility index (Phi) is 4.99. The average molecular weight is 314 g/mol. The Morgan fingerprint density at radius 2 is 1.87 bits per heavy atom. The van der Waals surface area contributed by atoms with Crippen molar-refractivity contribution in [2.45, 2.75) is 57.5 Å². The topological polar surface area (TPSA) is 49.4 Å². The summed E-state index contributed by atoms with van der Waals surface area (Å²) in [5, 5.41) is 3.16. The zero-order valence-electron chi connectivity index (χ0n) is 13.8. The van der Waals surface area contributed by atoms with Crippen molar-refractivity contribution in [3.63, 3.8) is 0 Å². The fourth-order valence-corrected chi connectivity index (χ4v) is 3.76. The van der Waals surface area contributed by atoms with Crippen molar-refractivity contribution in [3.05, 3.63) is 35.9 Å². The average Bonchev–Trinajstić information content (AvgIpc) is 2.98. The van der Waals surface area contributed by atoms with Crippen LogP contribution in [0.2, 0.25) is 0 Å². The Hall–Kier alpha value is -1.84. The number of nitrogens with zero attached hydrogens (tertiary/aromatic N) is 1. The van der Waals surface area contributed by atoms with Crippen molar-refractivity contribution in [2.24, 2.45) is 5.92 Å². The second-order valence-electron chi connectivity index (χ2n) is 6.88. The number of hydrogen-bond donors (Lipinski definition) is 1. The van der Waals surface area contributed by atoms with Crippen LogP contribution >= 0.6 is 0 Å². The van der Waals surface area contributed by atoms with E-state index in [0.717, 1.165) is 18.4 Å². The minimum Gasteiger partial charge on any atom is -0.353 e. The SMILES string of the molecule is C[C@H](c1ccccc1)N1C[C@@H](C(=O)NC2CCCCC2)CC1=O. The molecule has 124 valence electrons. The molecule has 1 aromatic rings. The number of rotatable bonds is 4. The predicted octanol–water partition coefficient (Wildman–Crippen LogP) is 3.05. The Morgan fingerprint density at radius 3 is 2.57 bits per heavy atom. The molecule has 0 aromatic heterocycles. The van der Waals surface area contributed by atoms with E-state index in [1.165, 1.54) is 19.3 Å². The smallest absolute Gasteiger partial charge is 0.225 e. The molecule has 0 radical (unpaired) electrons. The normalized spacial score (nSPS) is 23.8. The first-order valence-corrected chi connectivity index (χ1v) is 8.80. The van der Waals surface area contributed by atoms with E-state index in [9.17, 15) is 9.59 Å². The first kappa shape index (κ1) is 16.0. The Labute approximate surface area is 138 Å². The molecule has 1 aliphatic heterocycles. The van der Waals surface area contributed by atoms with Crippen LogP contribution in [0.3, 0.4) is 0 Å². The number of hydrogen-bond acceptors (Lipinski definition) is 2. The molecule has 3 rings (SSSR count). The monoisotopic (exact) mass is 314 g/mol. The van der Waals surface area contributed by atoms with E-state index >= 15 is 0 Å². The lowest BCUT2D eigenvalue weighted by molar-refractivity contribution is -0.130. The summed E-state index contributed by atoms with van der Waals surface area (Å²) in [6.45, 7) is 2.57. The molecule has 2 atom stereocenters. The minimum atomic E-state index is -0.199. The predicted molar refractivity (Wildman–Crippen MR) is 89.7 cm³/mol. The van der Waals surface area contributed by atoms with E-state index in [2.05, 4.69) is 5.32 Å². The third-order valence-corrected chi connectivity index (χ3v) is 5.23. The zero-order chi connectivity index (χ0) is 16.2. The Bertz CT molecular complexity index is 552. The highest BCUT2D eigenvalue weighted by Gasteiger charge is 2.37. The van der Waals surface area contributed by atoms with Crippen molar-refractivity contribution < 1.29 is 9.59 Å². The number of carbonyl (C=O) groups excluding carboxylic acids is 2. The van der Waals surface area contributed by atoms with Crippen LogP contribution in [0.25, 0.3) is 0 Å². The molecule has 1 saturated heterocycles. The van der Waals surface area contributed by atoms with Gasteiger partial charge < -0.3 is 10.2 Å². The van der Waals surface area contributed by atoms with Gasteiger partial charge in [-0.1, -0.05) is 49.6 Å². The van der Waals surface area contributed by atoms with Crippen LogP contribution in [0.5, 0.6) is 0 Å². The van der Waals surface area contributed by atoms with Crippen LogP contribution in [-0.2, 0) is 9.59 Å². The summed E-state index contributed by atoms with van der Waals surface area (Å²) >= 11 is 0. The molecular formula is C19H26N2O2. The van der Waals surface area contributed by atoms with E-state index in [4.69, 9.17) is 0 Å². The maximum Gasteiger partial charge on any atom is 0.225 e. The molecule has 0 bridgehead atoms. The number of benzene rings is 1. The largest absolute Gasteiger partial charge is 0.353 e. The van der Waals surface area contributed by atoms with Gasteiger partial charge in [-0.25, -0.2) is 0 Å². The van der Waals surface area contributed by atoms with Gasteiger partial charge in [-0.15, -0.1) is 0 Å². The second-order valence-corrected chi connectivity index (χ2v) is 6.88. The molecule has 1 aliphatic carbocycles. The van der Waals surface area contributed by atoms with Crippen LogP contribution < -0.4 is 5.32 Å². The van der Waals surface area contributed by atoms with Crippen molar-refractivity contribution in [2.75, 3.05) is 6.54 Å². The number of amides is 2. The van der Waals surface area contributed by atoms with Gasteiger partial charge in [0.05, 0.1) is 12.0 Å². The fourth-order valence-electron chi connectivity index (χ4n) is 3.76. The number of likely N-dealkylation sites (tertiary alicyclic amines) is 1. The molecule has 4 nitrogen and oxygen atoms in total. The van der Waals surface area contributed by atoms with Crippen LogP contribution in [0.4, 0.5) is 0 Å². The first-order valence-electron chi connectivity index (χ1n) is 8.80. The van der Waals surface area contributed by atoms with Crippen LogP contribution in [0.1, 0.15) is 57.1 Å². The molecule has 2 fully saturated rings. The van der Waals surface area contributed by atoms with E-state index in [1.54, 1.807) is 0 Å². The maximum atomic E-state index is 12.5. The highest BCUT2D eigenvalue weighted by molar-refractivity contribution is 5.89. The summed E-state index contributed by atoms with van der Waals surface area (Å²) in [4.78, 5) is 26.7. The number of nitrogens with one attached hydrogen (secondary N) is 1. The summed E-state index contributed by atoms with van der Waals surface area (Å²) in [6.07, 6.45) is 6.18. The Morgan fingerprint density at radius 1 is 1.17 bits per heavy atom. The van der Waals surface area contributed by atoms with Gasteiger partial charge in [-0.05, 0) is 25.3 Å². The lowest BCUT2D eigenvalue weighted by atomic mass is 9.95. The molecule has 1 saturated carbocycles. The van der Waals surface area contributed by atoms with Gasteiger partial charge in [0, 0.05) is 19.0 Å². The Balaban J connectivity index is 1.59. The van der Waals surface area contributed by atoms with Crippen molar-refractivity contribution in [1.82, 2.24) is 10.2 Å². The summed E-state index contributed by atoms with van der Waals surface area (Å²) in [6, 6.07) is 10.4. The number of carbonyl (C=O) groups is 2. The standard InChI is InChI=1S/C19H26N2O2/c1-14(15-8-4-2-5-9-15)21-13-16(12-18(21)22)19(23)20-17-10-6-3-7-11-17/h2,4-5,8-9,14,16-17H,3,6-7,10-13H2,1H3,(H,20,23)/t14-,16+/m1/s1. The molecule has 1 heterocycles. The summed E-state index contributed by atoms with van der Waals surface area (Å²) < 4.78 is 0. The molecule has 23 heavy (non-hydrogen) atoms. The molecule has 1 aromatic carbocycles. The summed E-state index contributed by atoms with van der Waals surface area (Å²) in [5.41, 5.74) is 1.12. The van der Waals surface area contributed by atoms with E-state index < -0.39 is 0 Å². The lowest BCUT2D eigenvalue weighted by Crippen LogP contribution is -2.40. The van der Waals surface area contributed by atoms with Gasteiger partial charge in [-0.3, -0.25) is 9.59 Å². The van der Waals surface area contributed by atoms with Gasteiger partial charge in [-0.2, -0.15) is 0 Å². The third-order valence-electron chi connectivity index (χ3n) is 5.23. The quantitative estimate of drug-likeness (QED) is 0.928. The van der Waals surface area contributed by atoms with Crippen LogP contribution in [-0.4, -0.2) is 29.3 Å². The second kappa shape index (κ2) is 7.16. The lowest BCUT2D eigenvalue weighted by Gasteiger charge is -2.26. The van der Waals surface area contributed by atoms with E-state index in [0.29, 0.717) is 19.0 Å². The minimum absolute atomic E-state index is 0.0242. The zero-order valence-corrected chi connectivity index (χ0v) is 13.8. The third kappa shape index (κ3) is 3.74. The molecule has 0 unspecified atom stereocenters. The molecule has 4 heteroatoms. The van der Waals surface area contributed by atoms with E-state index in [1.807, 2.05) is 42.2 Å². The molecule has 0 spiro atoms. The molecular weight excluding hydrogens is 288 g/mol.